The Bertz CT molecular complexity index is 982. The van der Waals surface area contributed by atoms with E-state index in [1.54, 1.807) is 6.07 Å². The number of hydrazine groups is 1. The SMILES string of the molecule is O=C(NN1C(=O)C2C3C=CC(C3)C2C1=O)c1cc2ccccc2cc1O. The molecule has 2 aliphatic carbocycles. The number of aromatic hydroxyl groups is 1. The molecular weight excluding hydrogens is 332 g/mol. The number of fused-ring (bicyclic) bond motifs is 6. The summed E-state index contributed by atoms with van der Waals surface area (Å²) in [6.45, 7) is 0. The zero-order valence-corrected chi connectivity index (χ0v) is 13.8. The van der Waals surface area contributed by atoms with Crippen molar-refractivity contribution in [1.29, 1.82) is 0 Å². The highest BCUT2D eigenvalue weighted by atomic mass is 16.3. The summed E-state index contributed by atoms with van der Waals surface area (Å²) in [5, 5.41) is 12.6. The number of amides is 3. The smallest absolute Gasteiger partial charge is 0.274 e. The average Bonchev–Trinajstić information content (AvgIpc) is 3.31. The van der Waals surface area contributed by atoms with Crippen LogP contribution < -0.4 is 5.43 Å². The predicted molar refractivity (Wildman–Crippen MR) is 92.6 cm³/mol. The fourth-order valence-corrected chi connectivity index (χ4v) is 4.58. The van der Waals surface area contributed by atoms with Crippen LogP contribution in [0.15, 0.2) is 48.6 Å². The van der Waals surface area contributed by atoms with Crippen molar-refractivity contribution in [3.63, 3.8) is 0 Å². The van der Waals surface area contributed by atoms with Crippen LogP contribution in [-0.4, -0.2) is 27.8 Å². The number of hydrogen-bond donors (Lipinski definition) is 2. The standard InChI is InChI=1S/C20H16N2O4/c23-15-9-11-4-2-1-3-10(11)8-14(15)18(24)21-22-19(25)16-12-5-6-13(7-12)17(16)20(22)26/h1-6,8-9,12-13,16-17,23H,7H2,(H,21,24). The molecule has 5 rings (SSSR count). The summed E-state index contributed by atoms with van der Waals surface area (Å²) < 4.78 is 0. The second kappa shape index (κ2) is 5.17. The van der Waals surface area contributed by atoms with E-state index in [4.69, 9.17) is 0 Å². The van der Waals surface area contributed by atoms with Crippen LogP contribution in [0.3, 0.4) is 0 Å². The van der Waals surface area contributed by atoms with Crippen molar-refractivity contribution in [2.24, 2.45) is 23.7 Å². The number of carbonyl (C=O) groups is 3. The molecule has 4 unspecified atom stereocenters. The number of phenolic OH excluding ortho intramolecular Hbond substituents is 1. The quantitative estimate of drug-likeness (QED) is 0.642. The van der Waals surface area contributed by atoms with Crippen molar-refractivity contribution in [2.75, 3.05) is 0 Å². The van der Waals surface area contributed by atoms with Crippen molar-refractivity contribution in [2.45, 2.75) is 6.42 Å². The van der Waals surface area contributed by atoms with Gasteiger partial charge >= 0.3 is 0 Å². The first-order valence-electron chi connectivity index (χ1n) is 8.63. The summed E-state index contributed by atoms with van der Waals surface area (Å²) in [4.78, 5) is 37.9. The molecule has 0 aromatic heterocycles. The highest BCUT2D eigenvalue weighted by molar-refractivity contribution is 6.09. The molecule has 4 atom stereocenters. The van der Waals surface area contributed by atoms with Crippen molar-refractivity contribution in [3.8, 4) is 5.75 Å². The third-order valence-corrected chi connectivity index (χ3v) is 5.79. The lowest BCUT2D eigenvalue weighted by atomic mass is 9.85. The fourth-order valence-electron chi connectivity index (χ4n) is 4.58. The van der Waals surface area contributed by atoms with Gasteiger partial charge in [0.25, 0.3) is 17.7 Å². The van der Waals surface area contributed by atoms with Crippen molar-refractivity contribution < 1.29 is 19.5 Å². The molecule has 2 N–H and O–H groups in total. The van der Waals surface area contributed by atoms with Gasteiger partial charge in [-0.3, -0.25) is 19.8 Å². The summed E-state index contributed by atoms with van der Waals surface area (Å²) in [6.07, 6.45) is 4.83. The number of phenols is 1. The minimum Gasteiger partial charge on any atom is -0.507 e. The monoisotopic (exact) mass is 348 g/mol. The van der Waals surface area contributed by atoms with Gasteiger partial charge in [0.15, 0.2) is 0 Å². The number of nitrogens with one attached hydrogen (secondary N) is 1. The molecule has 1 heterocycles. The Hall–Kier alpha value is -3.15. The first-order valence-corrected chi connectivity index (χ1v) is 8.63. The Kier molecular flexibility index (Phi) is 3.01. The van der Waals surface area contributed by atoms with Gasteiger partial charge in [0.05, 0.1) is 17.4 Å². The molecule has 6 nitrogen and oxygen atoms in total. The van der Waals surface area contributed by atoms with Crippen LogP contribution in [-0.2, 0) is 9.59 Å². The lowest BCUT2D eigenvalue weighted by molar-refractivity contribution is -0.143. The number of benzene rings is 2. The fraction of sp³-hybridized carbons (Fsp3) is 0.250. The van der Waals surface area contributed by atoms with E-state index < -0.39 is 5.91 Å². The number of allylic oxidation sites excluding steroid dienone is 2. The molecule has 2 bridgehead atoms. The molecule has 26 heavy (non-hydrogen) atoms. The van der Waals surface area contributed by atoms with Crippen molar-refractivity contribution >= 4 is 28.5 Å². The maximum Gasteiger partial charge on any atom is 0.274 e. The van der Waals surface area contributed by atoms with Crippen LogP contribution in [0.25, 0.3) is 10.8 Å². The van der Waals surface area contributed by atoms with E-state index in [-0.39, 0.29) is 46.8 Å². The second-order valence-corrected chi connectivity index (χ2v) is 7.17. The Morgan fingerprint density at radius 3 is 2.19 bits per heavy atom. The van der Waals surface area contributed by atoms with Gasteiger partial charge in [-0.05, 0) is 41.2 Å². The minimum atomic E-state index is -0.671. The summed E-state index contributed by atoms with van der Waals surface area (Å²) in [5.41, 5.74) is 2.44. The second-order valence-electron chi connectivity index (χ2n) is 7.17. The number of carbonyl (C=O) groups excluding carboxylic acids is 3. The largest absolute Gasteiger partial charge is 0.507 e. The summed E-state index contributed by atoms with van der Waals surface area (Å²) >= 11 is 0. The minimum absolute atomic E-state index is 0.0301. The molecule has 1 aliphatic heterocycles. The van der Waals surface area contributed by atoms with Crippen molar-refractivity contribution in [1.82, 2.24) is 10.4 Å². The third kappa shape index (κ3) is 1.95. The first-order chi connectivity index (χ1) is 12.5. The van der Waals surface area contributed by atoms with Gasteiger partial charge in [-0.2, -0.15) is 5.01 Å². The number of imide groups is 1. The lowest BCUT2D eigenvalue weighted by Crippen LogP contribution is -2.47. The van der Waals surface area contributed by atoms with E-state index in [1.165, 1.54) is 6.07 Å². The Morgan fingerprint density at radius 1 is 1.00 bits per heavy atom. The van der Waals surface area contributed by atoms with Gasteiger partial charge in [0, 0.05) is 0 Å². The Labute approximate surface area is 149 Å². The molecule has 0 spiro atoms. The van der Waals surface area contributed by atoms with Gasteiger partial charge < -0.3 is 5.11 Å². The molecule has 2 aromatic rings. The lowest BCUT2D eigenvalue weighted by Gasteiger charge is -2.18. The van der Waals surface area contributed by atoms with E-state index in [0.717, 1.165) is 22.2 Å². The summed E-state index contributed by atoms with van der Waals surface area (Å²) in [5.74, 6) is -2.16. The topological polar surface area (TPSA) is 86.7 Å². The van der Waals surface area contributed by atoms with Crippen LogP contribution in [0, 0.1) is 23.7 Å². The Balaban J connectivity index is 1.44. The molecular formula is C20H16N2O4. The summed E-state index contributed by atoms with van der Waals surface area (Å²) in [6, 6.07) is 10.4. The molecule has 2 aromatic carbocycles. The molecule has 3 aliphatic rings. The maximum absolute atomic E-state index is 12.6. The van der Waals surface area contributed by atoms with E-state index in [2.05, 4.69) is 5.43 Å². The molecule has 1 saturated carbocycles. The average molecular weight is 348 g/mol. The van der Waals surface area contributed by atoms with E-state index in [9.17, 15) is 19.5 Å². The highest BCUT2D eigenvalue weighted by Gasteiger charge is 2.59. The predicted octanol–water partition coefficient (Wildman–Crippen LogP) is 2.00. The van der Waals surface area contributed by atoms with Crippen LogP contribution in [0.5, 0.6) is 5.75 Å². The molecule has 2 fully saturated rings. The summed E-state index contributed by atoms with van der Waals surface area (Å²) in [7, 11) is 0. The highest BCUT2D eigenvalue weighted by Crippen LogP contribution is 2.52. The van der Waals surface area contributed by atoms with E-state index >= 15 is 0 Å². The van der Waals surface area contributed by atoms with Gasteiger partial charge in [-0.25, -0.2) is 0 Å². The molecule has 0 radical (unpaired) electrons. The van der Waals surface area contributed by atoms with Crippen LogP contribution in [0.1, 0.15) is 16.8 Å². The zero-order chi connectivity index (χ0) is 18.0. The molecule has 1 saturated heterocycles. The Morgan fingerprint density at radius 2 is 1.58 bits per heavy atom. The molecule has 3 amide bonds. The van der Waals surface area contributed by atoms with Gasteiger partial charge in [-0.1, -0.05) is 36.4 Å². The van der Waals surface area contributed by atoms with E-state index in [1.807, 2.05) is 36.4 Å². The van der Waals surface area contributed by atoms with Gasteiger partial charge in [0.2, 0.25) is 0 Å². The first kappa shape index (κ1) is 15.1. The molecule has 130 valence electrons. The number of nitrogens with zero attached hydrogens (tertiary/aromatic N) is 1. The van der Waals surface area contributed by atoms with Gasteiger partial charge in [-0.15, -0.1) is 0 Å². The normalized spacial score (nSPS) is 28.8. The van der Waals surface area contributed by atoms with Crippen LogP contribution >= 0.6 is 0 Å². The zero-order valence-electron chi connectivity index (χ0n) is 13.8. The number of rotatable bonds is 2. The maximum atomic E-state index is 12.6. The van der Waals surface area contributed by atoms with Gasteiger partial charge in [0.1, 0.15) is 5.75 Å². The van der Waals surface area contributed by atoms with Crippen molar-refractivity contribution in [3.05, 3.63) is 54.1 Å². The van der Waals surface area contributed by atoms with Crippen LogP contribution in [0.2, 0.25) is 0 Å². The number of hydrogen-bond acceptors (Lipinski definition) is 4. The van der Waals surface area contributed by atoms with E-state index in [0.29, 0.717) is 0 Å². The van der Waals surface area contributed by atoms with Crippen LogP contribution in [0.4, 0.5) is 0 Å². The molecule has 6 heteroatoms. The third-order valence-electron chi connectivity index (χ3n) is 5.79.